The van der Waals surface area contributed by atoms with Gasteiger partial charge in [-0.25, -0.2) is 8.42 Å². The van der Waals surface area contributed by atoms with Crippen molar-refractivity contribution in [2.75, 3.05) is 6.26 Å². The molecule has 0 aliphatic heterocycles. The first-order valence-corrected chi connectivity index (χ1v) is 7.22. The summed E-state index contributed by atoms with van der Waals surface area (Å²) in [5.74, 6) is -1.11. The van der Waals surface area contributed by atoms with Crippen molar-refractivity contribution in [3.63, 3.8) is 0 Å². The number of hydrogen-bond acceptors (Lipinski definition) is 3. The maximum absolute atomic E-state index is 12.6. The molecule has 20 heavy (non-hydrogen) atoms. The first-order chi connectivity index (χ1) is 8.86. The minimum absolute atomic E-state index is 0.190. The van der Waals surface area contributed by atoms with E-state index in [4.69, 9.17) is 5.73 Å². The van der Waals surface area contributed by atoms with Crippen molar-refractivity contribution in [3.8, 4) is 0 Å². The van der Waals surface area contributed by atoms with Gasteiger partial charge < -0.3 is 5.73 Å². The van der Waals surface area contributed by atoms with Gasteiger partial charge in [0.2, 0.25) is 15.9 Å². The Morgan fingerprint density at radius 2 is 1.75 bits per heavy atom. The lowest BCUT2D eigenvalue weighted by atomic mass is 9.91. The molecule has 0 aromatic heterocycles. The molecule has 0 radical (unpaired) electrons. The lowest BCUT2D eigenvalue weighted by Gasteiger charge is -2.27. The Labute approximate surface area is 114 Å². The number of amides is 1. The Kier molecular flexibility index (Phi) is 4.16. The van der Waals surface area contributed by atoms with Crippen LogP contribution in [0.15, 0.2) is 24.3 Å². The van der Waals surface area contributed by atoms with Crippen LogP contribution in [0.2, 0.25) is 0 Å². The molecule has 0 saturated carbocycles. The monoisotopic (exact) mass is 310 g/mol. The highest BCUT2D eigenvalue weighted by molar-refractivity contribution is 7.88. The highest BCUT2D eigenvalue weighted by atomic mass is 32.2. The smallest absolute Gasteiger partial charge is 0.368 e. The van der Waals surface area contributed by atoms with E-state index >= 15 is 0 Å². The van der Waals surface area contributed by atoms with Crippen LogP contribution in [-0.2, 0) is 26.5 Å². The zero-order valence-electron chi connectivity index (χ0n) is 10.7. The lowest BCUT2D eigenvalue weighted by Crippen LogP contribution is -2.52. The first-order valence-electron chi connectivity index (χ1n) is 5.33. The molecule has 0 unspecified atom stereocenters. The number of carbonyl (C=O) groups excluding carboxylic acids is 1. The molecular formula is C11H13F3N2O3S. The standard InChI is InChI=1S/C11H13F3N2O3S/c1-10(9(15)17,16-20(2,18)19)7-4-3-5-8(6-7)11(12,13)14/h3-6,16H,1-2H3,(H2,15,17)/t10-/m1/s1. The predicted octanol–water partition coefficient (Wildman–Crippen LogP) is 0.955. The summed E-state index contributed by atoms with van der Waals surface area (Å²) < 4.78 is 62.4. The van der Waals surface area contributed by atoms with Crippen molar-refractivity contribution in [1.29, 1.82) is 0 Å². The van der Waals surface area contributed by atoms with Crippen molar-refractivity contribution in [2.24, 2.45) is 5.73 Å². The molecule has 0 aliphatic rings. The molecule has 0 heterocycles. The topological polar surface area (TPSA) is 89.3 Å². The summed E-state index contributed by atoms with van der Waals surface area (Å²) in [4.78, 5) is 11.5. The molecule has 1 rings (SSSR count). The summed E-state index contributed by atoms with van der Waals surface area (Å²) >= 11 is 0. The Hall–Kier alpha value is -1.61. The van der Waals surface area contributed by atoms with Gasteiger partial charge in [0, 0.05) is 0 Å². The molecule has 0 bridgehead atoms. The second kappa shape index (κ2) is 5.06. The number of alkyl halides is 3. The third-order valence-corrected chi connectivity index (χ3v) is 3.43. The molecule has 9 heteroatoms. The van der Waals surface area contributed by atoms with Crippen LogP contribution < -0.4 is 10.5 Å². The van der Waals surface area contributed by atoms with Crippen LogP contribution in [0, 0.1) is 0 Å². The van der Waals surface area contributed by atoms with Crippen molar-refractivity contribution in [1.82, 2.24) is 4.72 Å². The minimum Gasteiger partial charge on any atom is -0.368 e. The van der Waals surface area contributed by atoms with Gasteiger partial charge in [0.15, 0.2) is 0 Å². The fourth-order valence-corrected chi connectivity index (χ4v) is 2.59. The Bertz CT molecular complexity index is 628. The summed E-state index contributed by atoms with van der Waals surface area (Å²) in [5, 5.41) is 0. The van der Waals surface area contributed by atoms with E-state index in [0.717, 1.165) is 25.3 Å². The summed E-state index contributed by atoms with van der Waals surface area (Å²) in [6.45, 7) is 1.10. The second-order valence-corrected chi connectivity index (χ2v) is 6.19. The minimum atomic E-state index is -4.61. The van der Waals surface area contributed by atoms with Crippen LogP contribution in [0.4, 0.5) is 13.2 Å². The van der Waals surface area contributed by atoms with Gasteiger partial charge in [0.25, 0.3) is 0 Å². The number of carbonyl (C=O) groups is 1. The normalized spacial score (nSPS) is 15.7. The van der Waals surface area contributed by atoms with Crippen LogP contribution in [0.1, 0.15) is 18.1 Å². The molecule has 3 N–H and O–H groups in total. The lowest BCUT2D eigenvalue weighted by molar-refractivity contribution is -0.137. The highest BCUT2D eigenvalue weighted by Crippen LogP contribution is 2.32. The Morgan fingerprint density at radius 3 is 2.15 bits per heavy atom. The largest absolute Gasteiger partial charge is 0.416 e. The van der Waals surface area contributed by atoms with E-state index in [1.54, 1.807) is 0 Å². The fourth-order valence-electron chi connectivity index (χ4n) is 1.63. The van der Waals surface area contributed by atoms with Crippen molar-refractivity contribution in [2.45, 2.75) is 18.6 Å². The second-order valence-electron chi connectivity index (χ2n) is 4.44. The van der Waals surface area contributed by atoms with Crippen molar-refractivity contribution < 1.29 is 26.4 Å². The van der Waals surface area contributed by atoms with Crippen LogP contribution in [-0.4, -0.2) is 20.6 Å². The van der Waals surface area contributed by atoms with Gasteiger partial charge in [-0.15, -0.1) is 0 Å². The van der Waals surface area contributed by atoms with E-state index < -0.39 is 33.2 Å². The number of sulfonamides is 1. The maximum Gasteiger partial charge on any atom is 0.416 e. The van der Waals surface area contributed by atoms with Gasteiger partial charge in [-0.05, 0) is 24.6 Å². The molecule has 5 nitrogen and oxygen atoms in total. The number of nitrogens with one attached hydrogen (secondary N) is 1. The van der Waals surface area contributed by atoms with Crippen molar-refractivity contribution in [3.05, 3.63) is 35.4 Å². The van der Waals surface area contributed by atoms with E-state index in [1.807, 2.05) is 4.72 Å². The summed E-state index contributed by atoms with van der Waals surface area (Å²) in [7, 11) is -3.86. The molecule has 112 valence electrons. The van der Waals surface area contributed by atoms with Gasteiger partial charge in [-0.3, -0.25) is 4.79 Å². The third kappa shape index (κ3) is 3.70. The average Bonchev–Trinajstić information content (AvgIpc) is 2.25. The molecule has 1 atom stereocenters. The molecule has 0 spiro atoms. The fraction of sp³-hybridized carbons (Fsp3) is 0.364. The zero-order chi connectivity index (χ0) is 15.8. The molecule has 0 saturated heterocycles. The number of primary amides is 1. The van der Waals surface area contributed by atoms with E-state index in [2.05, 4.69) is 0 Å². The van der Waals surface area contributed by atoms with E-state index in [-0.39, 0.29) is 5.56 Å². The van der Waals surface area contributed by atoms with Gasteiger partial charge in [-0.1, -0.05) is 12.1 Å². The Balaban J connectivity index is 3.41. The number of nitrogens with two attached hydrogens (primary N) is 1. The number of halogens is 3. The van der Waals surface area contributed by atoms with Crippen LogP contribution >= 0.6 is 0 Å². The zero-order valence-corrected chi connectivity index (χ0v) is 11.5. The number of hydrogen-bond donors (Lipinski definition) is 2. The Morgan fingerprint density at radius 1 is 1.25 bits per heavy atom. The quantitative estimate of drug-likeness (QED) is 0.868. The first kappa shape index (κ1) is 16.4. The molecule has 1 aromatic carbocycles. The molecule has 1 amide bonds. The molecule has 0 aliphatic carbocycles. The van der Waals surface area contributed by atoms with E-state index in [0.29, 0.717) is 6.07 Å². The van der Waals surface area contributed by atoms with E-state index in [9.17, 15) is 26.4 Å². The van der Waals surface area contributed by atoms with Crippen LogP contribution in [0.25, 0.3) is 0 Å². The summed E-state index contributed by atoms with van der Waals surface area (Å²) in [5.41, 5.74) is 1.97. The predicted molar refractivity (Wildman–Crippen MR) is 66.0 cm³/mol. The maximum atomic E-state index is 12.6. The summed E-state index contributed by atoms with van der Waals surface area (Å²) in [6, 6.07) is 3.76. The van der Waals surface area contributed by atoms with Gasteiger partial charge in [0.05, 0.1) is 11.8 Å². The molecule has 0 fully saturated rings. The summed E-state index contributed by atoms with van der Waals surface area (Å²) in [6.07, 6.45) is -3.83. The van der Waals surface area contributed by atoms with Crippen LogP contribution in [0.3, 0.4) is 0 Å². The molecular weight excluding hydrogens is 297 g/mol. The third-order valence-electron chi connectivity index (χ3n) is 2.65. The van der Waals surface area contributed by atoms with Gasteiger partial charge >= 0.3 is 6.18 Å². The highest BCUT2D eigenvalue weighted by Gasteiger charge is 2.38. The average molecular weight is 310 g/mol. The van der Waals surface area contributed by atoms with Crippen molar-refractivity contribution >= 4 is 15.9 Å². The van der Waals surface area contributed by atoms with Crippen LogP contribution in [0.5, 0.6) is 0 Å². The SMILES string of the molecule is C[C@](NS(C)(=O)=O)(C(N)=O)c1cccc(C(F)(F)F)c1. The molecule has 1 aromatic rings. The number of rotatable bonds is 4. The van der Waals surface area contributed by atoms with Gasteiger partial charge in [0.1, 0.15) is 5.54 Å². The van der Waals surface area contributed by atoms with Gasteiger partial charge in [-0.2, -0.15) is 17.9 Å². The number of benzene rings is 1. The van der Waals surface area contributed by atoms with E-state index in [1.165, 1.54) is 6.07 Å².